The van der Waals surface area contributed by atoms with E-state index in [2.05, 4.69) is 51.7 Å². The third kappa shape index (κ3) is 6.32. The van der Waals surface area contributed by atoms with E-state index in [4.69, 9.17) is 0 Å². The van der Waals surface area contributed by atoms with Crippen LogP contribution < -0.4 is 15.5 Å². The van der Waals surface area contributed by atoms with Crippen molar-refractivity contribution in [3.8, 4) is 0 Å². The van der Waals surface area contributed by atoms with Crippen LogP contribution in [0.5, 0.6) is 0 Å². The summed E-state index contributed by atoms with van der Waals surface area (Å²) in [6, 6.07) is 8.72. The van der Waals surface area contributed by atoms with E-state index < -0.39 is 0 Å². The molecule has 2 N–H and O–H groups in total. The number of nitrogens with zero attached hydrogens (tertiary/aromatic N) is 3. The molecule has 0 spiro atoms. The summed E-state index contributed by atoms with van der Waals surface area (Å²) in [4.78, 5) is 31.8. The zero-order chi connectivity index (χ0) is 19.9. The highest BCUT2D eigenvalue weighted by atomic mass is 127. The first-order valence-electron chi connectivity index (χ1n) is 10.2. The van der Waals surface area contributed by atoms with Gasteiger partial charge in [0.25, 0.3) is 0 Å². The average Bonchev–Trinajstić information content (AvgIpc) is 3.24. The molecule has 1 atom stereocenters. The lowest BCUT2D eigenvalue weighted by Gasteiger charge is -2.26. The fourth-order valence-electron chi connectivity index (χ4n) is 3.78. The van der Waals surface area contributed by atoms with Crippen LogP contribution in [-0.4, -0.2) is 55.9 Å². The van der Waals surface area contributed by atoms with Gasteiger partial charge in [0.05, 0.1) is 6.04 Å². The van der Waals surface area contributed by atoms with Gasteiger partial charge in [0.1, 0.15) is 0 Å². The summed E-state index contributed by atoms with van der Waals surface area (Å²) in [5, 5.41) is 6.60. The molecule has 29 heavy (non-hydrogen) atoms. The normalized spacial score (nSPS) is 18.5. The Morgan fingerprint density at radius 3 is 2.48 bits per heavy atom. The predicted molar refractivity (Wildman–Crippen MR) is 127 cm³/mol. The average molecular weight is 513 g/mol. The number of nitrogens with one attached hydrogen (secondary N) is 2. The molecule has 1 unspecified atom stereocenters. The molecule has 2 fully saturated rings. The number of anilines is 1. The van der Waals surface area contributed by atoms with Gasteiger partial charge in [0.2, 0.25) is 11.8 Å². The Labute approximate surface area is 190 Å². The second-order valence-corrected chi connectivity index (χ2v) is 7.45. The minimum absolute atomic E-state index is 0. The Bertz CT molecular complexity index is 718. The predicted octanol–water partition coefficient (Wildman–Crippen LogP) is 2.67. The molecular formula is C21H32IN5O2. The summed E-state index contributed by atoms with van der Waals surface area (Å²) >= 11 is 0. The van der Waals surface area contributed by atoms with Crippen LogP contribution in [0, 0.1) is 0 Å². The van der Waals surface area contributed by atoms with Crippen molar-refractivity contribution < 1.29 is 9.59 Å². The summed E-state index contributed by atoms with van der Waals surface area (Å²) in [5.41, 5.74) is 2.47. The van der Waals surface area contributed by atoms with Crippen molar-refractivity contribution in [3.05, 3.63) is 29.8 Å². The first kappa shape index (κ1) is 23.4. The molecule has 3 rings (SSSR count). The Balaban J connectivity index is 0.00000300. The highest BCUT2D eigenvalue weighted by Crippen LogP contribution is 2.23. The van der Waals surface area contributed by atoms with Gasteiger partial charge in [0, 0.05) is 51.8 Å². The summed E-state index contributed by atoms with van der Waals surface area (Å²) < 4.78 is 0. The molecule has 2 amide bonds. The smallest absolute Gasteiger partial charge is 0.229 e. The number of benzene rings is 1. The molecule has 0 bridgehead atoms. The second kappa shape index (κ2) is 11.4. The van der Waals surface area contributed by atoms with Gasteiger partial charge in [0.15, 0.2) is 5.96 Å². The van der Waals surface area contributed by atoms with Crippen LogP contribution in [0.4, 0.5) is 5.69 Å². The van der Waals surface area contributed by atoms with E-state index in [-0.39, 0.29) is 41.8 Å². The Kier molecular flexibility index (Phi) is 9.19. The third-order valence-electron chi connectivity index (χ3n) is 5.43. The summed E-state index contributed by atoms with van der Waals surface area (Å²) in [6.45, 7) is 5.22. The summed E-state index contributed by atoms with van der Waals surface area (Å²) in [7, 11) is 1.72. The van der Waals surface area contributed by atoms with E-state index in [0.29, 0.717) is 38.3 Å². The maximum absolute atomic E-state index is 11.9. The zero-order valence-electron chi connectivity index (χ0n) is 17.3. The molecule has 0 radical (unpaired) electrons. The van der Waals surface area contributed by atoms with Crippen molar-refractivity contribution in [2.45, 2.75) is 45.1 Å². The Morgan fingerprint density at radius 1 is 1.14 bits per heavy atom. The minimum atomic E-state index is -0.0758. The number of likely N-dealkylation sites (tertiary alicyclic amines) is 1. The van der Waals surface area contributed by atoms with Gasteiger partial charge in [-0.3, -0.25) is 19.5 Å². The molecule has 7 nitrogen and oxygen atoms in total. The topological polar surface area (TPSA) is 77.0 Å². The SMILES string of the molecule is CN=C(NCCN1C(=O)CCCC1=O)NC(C)c1cccc(N2CCCC2)c1.I. The van der Waals surface area contributed by atoms with Gasteiger partial charge in [-0.2, -0.15) is 0 Å². The summed E-state index contributed by atoms with van der Waals surface area (Å²) in [5.74, 6) is 0.511. The number of piperidine rings is 1. The lowest BCUT2D eigenvalue weighted by atomic mass is 10.1. The lowest BCUT2D eigenvalue weighted by molar-refractivity contribution is -0.147. The van der Waals surface area contributed by atoms with Crippen LogP contribution in [0.15, 0.2) is 29.3 Å². The Morgan fingerprint density at radius 2 is 1.83 bits per heavy atom. The lowest BCUT2D eigenvalue weighted by Crippen LogP contribution is -2.46. The van der Waals surface area contributed by atoms with E-state index >= 15 is 0 Å². The fourth-order valence-corrected chi connectivity index (χ4v) is 3.78. The van der Waals surface area contributed by atoms with Gasteiger partial charge in [-0.1, -0.05) is 12.1 Å². The number of halogens is 1. The molecule has 8 heteroatoms. The number of imide groups is 1. The van der Waals surface area contributed by atoms with Crippen LogP contribution in [0.2, 0.25) is 0 Å². The molecule has 0 saturated carbocycles. The molecule has 1 aromatic rings. The molecular weight excluding hydrogens is 481 g/mol. The van der Waals surface area contributed by atoms with Crippen molar-refractivity contribution in [2.24, 2.45) is 4.99 Å². The van der Waals surface area contributed by atoms with Crippen LogP contribution >= 0.6 is 24.0 Å². The molecule has 2 saturated heterocycles. The molecule has 160 valence electrons. The van der Waals surface area contributed by atoms with Gasteiger partial charge in [-0.05, 0) is 43.9 Å². The molecule has 0 aromatic heterocycles. The largest absolute Gasteiger partial charge is 0.372 e. The van der Waals surface area contributed by atoms with Crippen molar-refractivity contribution in [1.82, 2.24) is 15.5 Å². The number of rotatable bonds is 6. The van der Waals surface area contributed by atoms with Gasteiger partial charge in [-0.15, -0.1) is 24.0 Å². The van der Waals surface area contributed by atoms with Crippen LogP contribution in [0.3, 0.4) is 0 Å². The van der Waals surface area contributed by atoms with E-state index in [1.807, 2.05) is 0 Å². The number of carbonyl (C=O) groups excluding carboxylic acids is 2. The number of carbonyl (C=O) groups is 2. The molecule has 2 heterocycles. The number of amides is 2. The molecule has 2 aliphatic rings. The van der Waals surface area contributed by atoms with Crippen LogP contribution in [-0.2, 0) is 9.59 Å². The molecule has 0 aliphatic carbocycles. The highest BCUT2D eigenvalue weighted by molar-refractivity contribution is 14.0. The maximum atomic E-state index is 11.9. The second-order valence-electron chi connectivity index (χ2n) is 7.45. The van der Waals surface area contributed by atoms with Gasteiger partial charge >= 0.3 is 0 Å². The van der Waals surface area contributed by atoms with Crippen molar-refractivity contribution in [1.29, 1.82) is 0 Å². The maximum Gasteiger partial charge on any atom is 0.229 e. The monoisotopic (exact) mass is 513 g/mol. The van der Waals surface area contributed by atoms with E-state index in [9.17, 15) is 9.59 Å². The zero-order valence-corrected chi connectivity index (χ0v) is 19.6. The quantitative estimate of drug-likeness (QED) is 0.265. The van der Waals surface area contributed by atoms with Crippen LogP contribution in [0.25, 0.3) is 0 Å². The van der Waals surface area contributed by atoms with Crippen molar-refractivity contribution >= 4 is 47.4 Å². The van der Waals surface area contributed by atoms with Gasteiger partial charge in [-0.25, -0.2) is 0 Å². The minimum Gasteiger partial charge on any atom is -0.372 e. The number of aliphatic imine (C=N–C) groups is 1. The number of hydrogen-bond acceptors (Lipinski definition) is 4. The molecule has 2 aliphatic heterocycles. The first-order chi connectivity index (χ1) is 13.6. The third-order valence-corrected chi connectivity index (χ3v) is 5.43. The van der Waals surface area contributed by atoms with Crippen molar-refractivity contribution in [2.75, 3.05) is 38.1 Å². The van der Waals surface area contributed by atoms with E-state index in [1.54, 1.807) is 7.05 Å². The van der Waals surface area contributed by atoms with Crippen LogP contribution in [0.1, 0.15) is 50.6 Å². The van der Waals surface area contributed by atoms with Crippen molar-refractivity contribution in [3.63, 3.8) is 0 Å². The number of guanidine groups is 1. The van der Waals surface area contributed by atoms with Gasteiger partial charge < -0.3 is 15.5 Å². The summed E-state index contributed by atoms with van der Waals surface area (Å²) in [6.07, 6.45) is 4.11. The standard InChI is InChI=1S/C21H31N5O2.HI/c1-16(17-7-5-8-18(15-17)25-12-3-4-13-25)24-21(22-2)23-11-14-26-19(27)9-6-10-20(26)28;/h5,7-8,15-16H,3-4,6,9-14H2,1-2H3,(H2,22,23,24);1H. The Hall–Kier alpha value is -1.84. The number of hydrogen-bond donors (Lipinski definition) is 2. The van der Waals surface area contributed by atoms with E-state index in [0.717, 1.165) is 13.1 Å². The van der Waals surface area contributed by atoms with E-state index in [1.165, 1.54) is 29.0 Å². The fraction of sp³-hybridized carbons (Fsp3) is 0.571. The first-order valence-corrected chi connectivity index (χ1v) is 10.2. The molecule has 1 aromatic carbocycles. The highest BCUT2D eigenvalue weighted by Gasteiger charge is 2.25.